The van der Waals surface area contributed by atoms with E-state index in [-0.39, 0.29) is 17.7 Å². The van der Waals surface area contributed by atoms with Crippen molar-refractivity contribution in [3.63, 3.8) is 0 Å². The van der Waals surface area contributed by atoms with Gasteiger partial charge < -0.3 is 12.4 Å². The number of hydrogen-bond donors (Lipinski definition) is 1. The minimum atomic E-state index is 0. The maximum atomic E-state index is 8.12. The van der Waals surface area contributed by atoms with Gasteiger partial charge in [0.2, 0.25) is 0 Å². The van der Waals surface area contributed by atoms with Gasteiger partial charge in [0.05, 0.1) is 0 Å². The van der Waals surface area contributed by atoms with E-state index in [1.165, 1.54) is 0 Å². The molecule has 0 atom stereocenters. The highest BCUT2D eigenvalue weighted by atomic mass is 35.5. The van der Waals surface area contributed by atoms with Gasteiger partial charge in [-0.2, -0.15) is 0 Å². The highest BCUT2D eigenvalue weighted by Crippen LogP contribution is 1.79. The summed E-state index contributed by atoms with van der Waals surface area (Å²) in [5, 5.41) is 8.38. The zero-order chi connectivity index (χ0) is 6.95. The highest BCUT2D eigenvalue weighted by molar-refractivity contribution is 4.99. The Kier molecular flexibility index (Phi) is 12.6. The van der Waals surface area contributed by atoms with Crippen molar-refractivity contribution in [3.8, 4) is 0 Å². The van der Waals surface area contributed by atoms with Crippen LogP contribution in [0.1, 0.15) is 0 Å². The van der Waals surface area contributed by atoms with E-state index in [9.17, 15) is 0 Å². The molecule has 0 aliphatic rings. The van der Waals surface area contributed by atoms with E-state index in [0.717, 1.165) is 0 Å². The van der Waals surface area contributed by atoms with Gasteiger partial charge in [-0.15, -0.1) is 0 Å². The Morgan fingerprint density at radius 1 is 0.900 bits per heavy atom. The van der Waals surface area contributed by atoms with Crippen LogP contribution in [0.4, 0.5) is 0 Å². The van der Waals surface area contributed by atoms with E-state index in [1.54, 1.807) is 0 Å². The number of hydrogen-bond acceptors (Lipinski definition) is 2. The van der Waals surface area contributed by atoms with Crippen molar-refractivity contribution in [2.45, 2.75) is 0 Å². The molecular weight excluding hydrogens is 154 g/mol. The second kappa shape index (κ2) is 10.8. The van der Waals surface area contributed by atoms with Gasteiger partial charge in [0.25, 0.3) is 0 Å². The van der Waals surface area contributed by atoms with E-state index in [0.29, 0.717) is 0 Å². The Balaban J connectivity index is 0. The molecule has 0 saturated heterocycles. The van der Waals surface area contributed by atoms with Crippen LogP contribution in [0.2, 0.25) is 0 Å². The predicted molar refractivity (Wildman–Crippen MR) is 34.1 cm³/mol. The molecule has 10 heavy (non-hydrogen) atoms. The van der Waals surface area contributed by atoms with E-state index in [1.807, 2.05) is 36.4 Å². The molecule has 0 aliphatic heterocycles. The van der Waals surface area contributed by atoms with Crippen LogP contribution in [0.25, 0.3) is 0 Å². The SMILES string of the molecule is O=[NH+][O-].[Cl-].c1ccccc1. The van der Waals surface area contributed by atoms with Crippen molar-refractivity contribution in [2.24, 2.45) is 0 Å². The van der Waals surface area contributed by atoms with Crippen LogP contribution in [0.3, 0.4) is 0 Å². The van der Waals surface area contributed by atoms with Crippen LogP contribution >= 0.6 is 0 Å². The number of halogens is 1. The largest absolute Gasteiger partial charge is 1.00 e. The molecule has 0 fully saturated rings. The Morgan fingerprint density at radius 2 is 1.00 bits per heavy atom. The molecule has 3 nitrogen and oxygen atoms in total. The standard InChI is InChI=1S/C6H6.ClH.HNO2/c1-2-4-6-5-3-1;;2-1-3/h1-6H;1H;1H/p-1. The van der Waals surface area contributed by atoms with Gasteiger partial charge in [-0.05, 0) is 0 Å². The zero-order valence-electron chi connectivity index (χ0n) is 5.16. The molecule has 1 aromatic rings. The molecule has 0 unspecified atom stereocenters. The quantitative estimate of drug-likeness (QED) is 0.325. The van der Waals surface area contributed by atoms with Crippen LogP contribution in [0, 0.1) is 10.1 Å². The topological polar surface area (TPSA) is 54.1 Å². The fourth-order valence-electron chi connectivity index (χ4n) is 0.385. The van der Waals surface area contributed by atoms with Crippen molar-refractivity contribution in [3.05, 3.63) is 46.5 Å². The molecular formula is C6H7ClNO2-. The van der Waals surface area contributed by atoms with Gasteiger partial charge in [-0.25, -0.2) is 0 Å². The van der Waals surface area contributed by atoms with Crippen LogP contribution in [-0.2, 0) is 0 Å². The third-order valence-electron chi connectivity index (χ3n) is 0.667. The predicted octanol–water partition coefficient (Wildman–Crippen LogP) is -2.98. The number of nitrogens with one attached hydrogen (secondary N) is 1. The van der Waals surface area contributed by atoms with Gasteiger partial charge in [-0.1, -0.05) is 36.4 Å². The molecule has 0 heterocycles. The third-order valence-corrected chi connectivity index (χ3v) is 0.667. The van der Waals surface area contributed by atoms with Crippen LogP contribution in [0.5, 0.6) is 0 Å². The smallest absolute Gasteiger partial charge is 0.00366 e. The molecule has 0 amide bonds. The summed E-state index contributed by atoms with van der Waals surface area (Å²) < 4.78 is 0. The first-order valence-electron chi connectivity index (χ1n) is 2.41. The monoisotopic (exact) mass is 160 g/mol. The fourth-order valence-corrected chi connectivity index (χ4v) is 0.385. The molecule has 1 N–H and O–H groups in total. The second-order valence-corrected chi connectivity index (χ2v) is 1.24. The lowest BCUT2D eigenvalue weighted by atomic mass is 10.4. The maximum Gasteiger partial charge on any atom is 0.00366 e. The van der Waals surface area contributed by atoms with E-state index < -0.39 is 0 Å². The van der Waals surface area contributed by atoms with Crippen molar-refractivity contribution >= 4 is 0 Å². The molecule has 0 radical (unpaired) electrons. The molecule has 1 aromatic carbocycles. The molecule has 0 saturated carbocycles. The number of rotatable bonds is 0. The summed E-state index contributed by atoms with van der Waals surface area (Å²) >= 11 is 0. The summed E-state index contributed by atoms with van der Waals surface area (Å²) in [6, 6.07) is 12.0. The average Bonchev–Trinajstić information content (AvgIpc) is 1.93. The first-order chi connectivity index (χ1) is 4.41. The van der Waals surface area contributed by atoms with Crippen LogP contribution in [-0.4, -0.2) is 0 Å². The molecule has 4 heteroatoms. The lowest BCUT2D eigenvalue weighted by Gasteiger charge is -1.69. The summed E-state index contributed by atoms with van der Waals surface area (Å²) in [5.41, 5.74) is 0. The van der Waals surface area contributed by atoms with E-state index in [2.05, 4.69) is 0 Å². The average molecular weight is 161 g/mol. The highest BCUT2D eigenvalue weighted by Gasteiger charge is 1.57. The van der Waals surface area contributed by atoms with E-state index in [4.69, 9.17) is 10.1 Å². The Bertz CT molecular complexity index is 119. The molecule has 1 rings (SSSR count). The summed E-state index contributed by atoms with van der Waals surface area (Å²) in [6.45, 7) is 0. The Morgan fingerprint density at radius 3 is 1.10 bits per heavy atom. The van der Waals surface area contributed by atoms with Crippen molar-refractivity contribution < 1.29 is 17.7 Å². The lowest BCUT2D eigenvalue weighted by molar-refractivity contribution is -0.398. The van der Waals surface area contributed by atoms with Crippen LogP contribution < -0.4 is 17.7 Å². The summed E-state index contributed by atoms with van der Waals surface area (Å²) in [5.74, 6) is 0. The van der Waals surface area contributed by atoms with Crippen LogP contribution in [0.15, 0.2) is 36.4 Å². The van der Waals surface area contributed by atoms with Crippen molar-refractivity contribution in [2.75, 3.05) is 0 Å². The van der Waals surface area contributed by atoms with Gasteiger partial charge in [0.15, 0.2) is 0 Å². The van der Waals surface area contributed by atoms with E-state index >= 15 is 0 Å². The zero-order valence-corrected chi connectivity index (χ0v) is 5.91. The first-order valence-corrected chi connectivity index (χ1v) is 2.41. The second-order valence-electron chi connectivity index (χ2n) is 1.24. The summed E-state index contributed by atoms with van der Waals surface area (Å²) in [6.07, 6.45) is 0. The minimum absolute atomic E-state index is 0. The summed E-state index contributed by atoms with van der Waals surface area (Å²) in [7, 11) is 0. The van der Waals surface area contributed by atoms with Gasteiger partial charge >= 0.3 is 0 Å². The fraction of sp³-hybridized carbons (Fsp3) is 0. The summed E-state index contributed by atoms with van der Waals surface area (Å²) in [4.78, 5) is 8.12. The first kappa shape index (κ1) is 11.7. The lowest BCUT2D eigenvalue weighted by Crippen LogP contribution is -3.00. The van der Waals surface area contributed by atoms with Gasteiger partial charge in [0, 0.05) is 5.34 Å². The molecule has 0 spiro atoms. The maximum absolute atomic E-state index is 8.12. The van der Waals surface area contributed by atoms with Gasteiger partial charge in [0.1, 0.15) is 0 Å². The Labute approximate surface area is 65.0 Å². The Hall–Kier alpha value is -1.09. The molecule has 0 aliphatic carbocycles. The van der Waals surface area contributed by atoms with Crippen molar-refractivity contribution in [1.82, 2.24) is 0 Å². The molecule has 0 aromatic heterocycles. The normalized spacial score (nSPS) is 6.00. The molecule has 0 bridgehead atoms. The van der Waals surface area contributed by atoms with Crippen molar-refractivity contribution in [1.29, 1.82) is 0 Å². The third kappa shape index (κ3) is 10.0. The van der Waals surface area contributed by atoms with Gasteiger partial charge in [-0.3, -0.25) is 10.1 Å². The minimum Gasteiger partial charge on any atom is -1.00 e. The molecule has 56 valence electrons. The number of benzene rings is 1.